The molecule has 2 aromatic carbocycles. The van der Waals surface area contributed by atoms with Crippen LogP contribution in [0.2, 0.25) is 0 Å². The quantitative estimate of drug-likeness (QED) is 0.431. The van der Waals surface area contributed by atoms with Crippen LogP contribution in [0.3, 0.4) is 0 Å². The van der Waals surface area contributed by atoms with E-state index in [9.17, 15) is 18.4 Å². The highest BCUT2D eigenvalue weighted by Crippen LogP contribution is 2.33. The minimum absolute atomic E-state index is 0.0306. The number of hydrogen-bond acceptors (Lipinski definition) is 9. The van der Waals surface area contributed by atoms with Crippen LogP contribution in [0.25, 0.3) is 11.4 Å². The van der Waals surface area contributed by atoms with E-state index in [2.05, 4.69) is 14.9 Å². The van der Waals surface area contributed by atoms with Crippen LogP contribution in [0.15, 0.2) is 47.0 Å². The lowest BCUT2D eigenvalue weighted by atomic mass is 10.2. The average Bonchev–Trinajstić information content (AvgIpc) is 3.31. The number of alkyl halides is 2. The number of carbonyl (C=O) groups is 2. The Kier molecular flexibility index (Phi) is 6.85. The van der Waals surface area contributed by atoms with Gasteiger partial charge >= 0.3 is 12.6 Å². The molecule has 0 bridgehead atoms. The van der Waals surface area contributed by atoms with Crippen molar-refractivity contribution in [3.8, 4) is 28.6 Å². The first kappa shape index (κ1) is 23.0. The van der Waals surface area contributed by atoms with Gasteiger partial charge in [-0.3, -0.25) is 9.59 Å². The largest absolute Gasteiger partial charge is 0.493 e. The number of amides is 1. The number of nitrogens with zero attached hydrogens (tertiary/aromatic N) is 3. The summed E-state index contributed by atoms with van der Waals surface area (Å²) in [6.45, 7) is -3.25. The summed E-state index contributed by atoms with van der Waals surface area (Å²) in [5.41, 5.74) is 1.01. The van der Waals surface area contributed by atoms with Crippen LogP contribution in [0, 0.1) is 0 Å². The molecule has 0 aliphatic carbocycles. The number of benzene rings is 2. The smallest absolute Gasteiger partial charge is 0.387 e. The summed E-state index contributed by atoms with van der Waals surface area (Å²) in [6.07, 6.45) is -0.0517. The molecule has 1 aliphatic rings. The summed E-state index contributed by atoms with van der Waals surface area (Å²) >= 11 is 0. The van der Waals surface area contributed by atoms with Gasteiger partial charge in [0.15, 0.2) is 24.7 Å². The van der Waals surface area contributed by atoms with Gasteiger partial charge in [0.1, 0.15) is 5.75 Å². The maximum absolute atomic E-state index is 12.5. The second kappa shape index (κ2) is 10.1. The summed E-state index contributed by atoms with van der Waals surface area (Å²) in [4.78, 5) is 30.0. The molecule has 3 aromatic rings. The summed E-state index contributed by atoms with van der Waals surface area (Å²) < 4.78 is 50.0. The lowest BCUT2D eigenvalue weighted by Gasteiger charge is -2.28. The van der Waals surface area contributed by atoms with E-state index < -0.39 is 12.6 Å². The first-order valence-corrected chi connectivity index (χ1v) is 10.1. The number of fused-ring (bicyclic) bond motifs is 1. The Morgan fingerprint density at radius 1 is 1.21 bits per heavy atom. The first-order valence-electron chi connectivity index (χ1n) is 10.1. The second-order valence-corrected chi connectivity index (χ2v) is 6.97. The van der Waals surface area contributed by atoms with Gasteiger partial charge in [-0.05, 0) is 30.3 Å². The topological polar surface area (TPSA) is 113 Å². The van der Waals surface area contributed by atoms with Gasteiger partial charge in [0.25, 0.3) is 11.8 Å². The van der Waals surface area contributed by atoms with Crippen LogP contribution in [-0.4, -0.2) is 48.9 Å². The highest BCUT2D eigenvalue weighted by molar-refractivity contribution is 5.98. The molecule has 1 aliphatic heterocycles. The molecule has 0 fully saturated rings. The number of aromatic nitrogens is 2. The zero-order valence-corrected chi connectivity index (χ0v) is 17.9. The molecule has 0 N–H and O–H groups in total. The Labute approximate surface area is 192 Å². The van der Waals surface area contributed by atoms with E-state index in [-0.39, 0.29) is 55.3 Å². The van der Waals surface area contributed by atoms with Gasteiger partial charge < -0.3 is 28.4 Å². The van der Waals surface area contributed by atoms with Gasteiger partial charge in [-0.25, -0.2) is 0 Å². The molecule has 0 saturated carbocycles. The molecule has 0 radical (unpaired) electrons. The third-order valence-electron chi connectivity index (χ3n) is 4.81. The van der Waals surface area contributed by atoms with Crippen molar-refractivity contribution in [2.45, 2.75) is 19.6 Å². The monoisotopic (exact) mass is 475 g/mol. The Hall–Kier alpha value is -4.22. The molecule has 0 saturated heterocycles. The van der Waals surface area contributed by atoms with Gasteiger partial charge in [0.2, 0.25) is 5.82 Å². The van der Waals surface area contributed by atoms with Crippen LogP contribution in [0.5, 0.6) is 17.2 Å². The van der Waals surface area contributed by atoms with E-state index in [1.54, 1.807) is 24.3 Å². The number of carbonyl (C=O) groups excluding carboxylic acids is 2. The third-order valence-corrected chi connectivity index (χ3v) is 4.81. The molecule has 0 atom stereocenters. The molecule has 178 valence electrons. The van der Waals surface area contributed by atoms with Gasteiger partial charge in [-0.2, -0.15) is 13.8 Å². The van der Waals surface area contributed by atoms with Crippen molar-refractivity contribution in [1.82, 2.24) is 10.1 Å². The third kappa shape index (κ3) is 5.22. The zero-order chi connectivity index (χ0) is 24.1. The van der Waals surface area contributed by atoms with Gasteiger partial charge in [-0.15, -0.1) is 0 Å². The van der Waals surface area contributed by atoms with E-state index in [0.29, 0.717) is 17.0 Å². The Morgan fingerprint density at radius 2 is 2.03 bits per heavy atom. The van der Waals surface area contributed by atoms with E-state index in [1.165, 1.54) is 30.2 Å². The molecule has 2 heterocycles. The van der Waals surface area contributed by atoms with Crippen molar-refractivity contribution < 1.29 is 41.8 Å². The molecule has 0 unspecified atom stereocenters. The van der Waals surface area contributed by atoms with E-state index in [4.69, 9.17) is 18.7 Å². The van der Waals surface area contributed by atoms with E-state index >= 15 is 0 Å². The van der Waals surface area contributed by atoms with Crippen molar-refractivity contribution in [2.24, 2.45) is 0 Å². The summed E-state index contributed by atoms with van der Waals surface area (Å²) in [5.74, 6) is -0.152. The number of hydrogen-bond donors (Lipinski definition) is 0. The van der Waals surface area contributed by atoms with Crippen molar-refractivity contribution in [2.75, 3.05) is 25.2 Å². The standard InChI is InChI=1S/C22H19F2N3O7/c1-30-17-10-13(6-7-16(17)33-22(23)24)21-25-18(34-26-21)11-32-20(29)8-9-27-14-4-2-3-5-15(14)31-12-19(27)28/h2-7,10,22H,8-9,11-12H2,1H3. The molecular weight excluding hydrogens is 456 g/mol. The fraction of sp³-hybridized carbons (Fsp3) is 0.273. The maximum Gasteiger partial charge on any atom is 0.387 e. The van der Waals surface area contributed by atoms with Gasteiger partial charge in [-0.1, -0.05) is 17.3 Å². The highest BCUT2D eigenvalue weighted by atomic mass is 19.3. The number of anilines is 1. The molecule has 1 aromatic heterocycles. The minimum Gasteiger partial charge on any atom is -0.493 e. The zero-order valence-electron chi connectivity index (χ0n) is 17.9. The molecule has 34 heavy (non-hydrogen) atoms. The molecule has 12 heteroatoms. The SMILES string of the molecule is COc1cc(-c2noc(COC(=O)CCN3C(=O)COc4ccccc43)n2)ccc1OC(F)F. The van der Waals surface area contributed by atoms with E-state index in [1.807, 2.05) is 0 Å². The second-order valence-electron chi connectivity index (χ2n) is 6.97. The van der Waals surface area contributed by atoms with Crippen LogP contribution < -0.4 is 19.1 Å². The first-order chi connectivity index (χ1) is 16.4. The highest BCUT2D eigenvalue weighted by Gasteiger charge is 2.25. The predicted octanol–water partition coefficient (Wildman–Crippen LogP) is 3.21. The maximum atomic E-state index is 12.5. The summed E-state index contributed by atoms with van der Waals surface area (Å²) in [5, 5.41) is 3.80. The number of halogens is 2. The lowest BCUT2D eigenvalue weighted by molar-refractivity contribution is -0.145. The van der Waals surface area contributed by atoms with Gasteiger partial charge in [0, 0.05) is 12.1 Å². The molecule has 4 rings (SSSR count). The fourth-order valence-corrected chi connectivity index (χ4v) is 3.25. The Balaban J connectivity index is 1.33. The van der Waals surface area contributed by atoms with Crippen LogP contribution in [-0.2, 0) is 20.9 Å². The fourth-order valence-electron chi connectivity index (χ4n) is 3.25. The number of methoxy groups -OCH3 is 1. The number of para-hydroxylation sites is 2. The van der Waals surface area contributed by atoms with Crippen LogP contribution in [0.1, 0.15) is 12.3 Å². The normalized spacial score (nSPS) is 12.8. The molecule has 0 spiro atoms. The molecular formula is C22H19F2N3O7. The van der Waals surface area contributed by atoms with E-state index in [0.717, 1.165) is 0 Å². The Morgan fingerprint density at radius 3 is 2.82 bits per heavy atom. The van der Waals surface area contributed by atoms with Crippen molar-refractivity contribution in [1.29, 1.82) is 0 Å². The average molecular weight is 475 g/mol. The number of ether oxygens (including phenoxy) is 4. The molecule has 10 nitrogen and oxygen atoms in total. The number of esters is 1. The predicted molar refractivity (Wildman–Crippen MR) is 112 cm³/mol. The lowest BCUT2D eigenvalue weighted by Crippen LogP contribution is -2.40. The molecule has 1 amide bonds. The van der Waals surface area contributed by atoms with Crippen LogP contribution >= 0.6 is 0 Å². The van der Waals surface area contributed by atoms with Crippen molar-refractivity contribution in [3.63, 3.8) is 0 Å². The summed E-state index contributed by atoms with van der Waals surface area (Å²) in [7, 11) is 1.31. The number of rotatable bonds is 9. The van der Waals surface area contributed by atoms with Gasteiger partial charge in [0.05, 0.1) is 19.2 Å². The van der Waals surface area contributed by atoms with Crippen molar-refractivity contribution >= 4 is 17.6 Å². The summed E-state index contributed by atoms with van der Waals surface area (Å²) in [6, 6.07) is 11.2. The van der Waals surface area contributed by atoms with Crippen molar-refractivity contribution in [3.05, 3.63) is 48.4 Å². The van der Waals surface area contributed by atoms with Crippen LogP contribution in [0.4, 0.5) is 14.5 Å². The Bertz CT molecular complexity index is 1180. The minimum atomic E-state index is -3.00.